The highest BCUT2D eigenvalue weighted by Crippen LogP contribution is 2.28. The Balaban J connectivity index is 1.59. The number of rotatable bonds is 5. The molecule has 1 aliphatic carbocycles. The Bertz CT molecular complexity index is 419. The highest BCUT2D eigenvalue weighted by atomic mass is 16.5. The van der Waals surface area contributed by atoms with Gasteiger partial charge in [0.2, 0.25) is 0 Å². The first kappa shape index (κ1) is 15.0. The van der Waals surface area contributed by atoms with E-state index in [2.05, 4.69) is 29.3 Å². The zero-order chi connectivity index (χ0) is 14.5. The Hall–Kier alpha value is -0.870. The summed E-state index contributed by atoms with van der Waals surface area (Å²) in [5.41, 5.74) is 1.24. The van der Waals surface area contributed by atoms with Gasteiger partial charge in [-0.1, -0.05) is 19.3 Å². The SMILES string of the molecule is CNC(Cc1ccn(C2CCCCC2)n1)C1CCOCC1. The molecule has 118 valence electrons. The Morgan fingerprint density at radius 3 is 2.71 bits per heavy atom. The molecule has 21 heavy (non-hydrogen) atoms. The molecule has 2 heterocycles. The van der Waals surface area contributed by atoms with Crippen molar-refractivity contribution in [2.45, 2.75) is 63.5 Å². The van der Waals surface area contributed by atoms with Crippen molar-refractivity contribution in [3.63, 3.8) is 0 Å². The summed E-state index contributed by atoms with van der Waals surface area (Å²) in [7, 11) is 2.08. The normalized spacial score (nSPS) is 23.3. The minimum absolute atomic E-state index is 0.531. The van der Waals surface area contributed by atoms with E-state index in [1.807, 2.05) is 0 Å². The third kappa shape index (κ3) is 3.86. The van der Waals surface area contributed by atoms with Gasteiger partial charge in [-0.2, -0.15) is 5.10 Å². The summed E-state index contributed by atoms with van der Waals surface area (Å²) < 4.78 is 7.71. The van der Waals surface area contributed by atoms with E-state index in [0.717, 1.165) is 25.6 Å². The molecule has 1 aromatic heterocycles. The van der Waals surface area contributed by atoms with E-state index in [1.54, 1.807) is 0 Å². The molecule has 3 rings (SSSR count). The Labute approximate surface area is 128 Å². The molecule has 0 amide bonds. The minimum Gasteiger partial charge on any atom is -0.381 e. The second-order valence-electron chi connectivity index (χ2n) is 6.63. The van der Waals surface area contributed by atoms with Crippen molar-refractivity contribution >= 4 is 0 Å². The number of ether oxygens (including phenoxy) is 1. The maximum absolute atomic E-state index is 5.48. The molecule has 1 unspecified atom stereocenters. The summed E-state index contributed by atoms with van der Waals surface area (Å²) in [6.07, 6.45) is 12.3. The fourth-order valence-electron chi connectivity index (χ4n) is 3.88. The molecular formula is C17H29N3O. The first-order valence-electron chi connectivity index (χ1n) is 8.66. The summed E-state index contributed by atoms with van der Waals surface area (Å²) in [5.74, 6) is 0.726. The molecule has 1 atom stereocenters. The lowest BCUT2D eigenvalue weighted by Gasteiger charge is -2.29. The van der Waals surface area contributed by atoms with Crippen LogP contribution in [0.25, 0.3) is 0 Å². The van der Waals surface area contributed by atoms with Crippen molar-refractivity contribution in [2.75, 3.05) is 20.3 Å². The topological polar surface area (TPSA) is 39.1 Å². The monoisotopic (exact) mass is 291 g/mol. The molecule has 2 fully saturated rings. The molecule has 1 saturated carbocycles. The molecule has 0 bridgehead atoms. The first-order valence-corrected chi connectivity index (χ1v) is 8.66. The zero-order valence-corrected chi connectivity index (χ0v) is 13.3. The highest BCUT2D eigenvalue weighted by Gasteiger charge is 2.24. The largest absolute Gasteiger partial charge is 0.381 e. The average Bonchev–Trinajstić information content (AvgIpc) is 3.03. The maximum atomic E-state index is 5.48. The molecule has 1 aliphatic heterocycles. The predicted molar refractivity (Wildman–Crippen MR) is 84.4 cm³/mol. The van der Waals surface area contributed by atoms with Crippen molar-refractivity contribution in [1.29, 1.82) is 0 Å². The zero-order valence-electron chi connectivity index (χ0n) is 13.3. The van der Waals surface area contributed by atoms with Gasteiger partial charge in [-0.15, -0.1) is 0 Å². The van der Waals surface area contributed by atoms with Crippen LogP contribution in [0, 0.1) is 5.92 Å². The van der Waals surface area contributed by atoms with Gasteiger partial charge >= 0.3 is 0 Å². The molecule has 1 N–H and O–H groups in total. The number of nitrogens with one attached hydrogen (secondary N) is 1. The molecule has 0 radical (unpaired) electrons. The van der Waals surface area contributed by atoms with Crippen LogP contribution >= 0.6 is 0 Å². The van der Waals surface area contributed by atoms with E-state index in [4.69, 9.17) is 9.84 Å². The third-order valence-corrected chi connectivity index (χ3v) is 5.25. The number of nitrogens with zero attached hydrogens (tertiary/aromatic N) is 2. The van der Waals surface area contributed by atoms with Crippen molar-refractivity contribution < 1.29 is 4.74 Å². The van der Waals surface area contributed by atoms with E-state index in [1.165, 1.54) is 50.6 Å². The van der Waals surface area contributed by atoms with Crippen LogP contribution in [0.1, 0.15) is 56.7 Å². The molecule has 0 aromatic carbocycles. The Kier molecular flexibility index (Phi) is 5.31. The fraction of sp³-hybridized carbons (Fsp3) is 0.824. The molecule has 1 aromatic rings. The van der Waals surface area contributed by atoms with Crippen LogP contribution in [-0.4, -0.2) is 36.1 Å². The number of aromatic nitrogens is 2. The smallest absolute Gasteiger partial charge is 0.0640 e. The second-order valence-corrected chi connectivity index (χ2v) is 6.63. The van der Waals surface area contributed by atoms with Gasteiger partial charge in [0, 0.05) is 31.9 Å². The summed E-state index contributed by atoms with van der Waals surface area (Å²) in [4.78, 5) is 0. The van der Waals surface area contributed by atoms with Crippen LogP contribution in [-0.2, 0) is 11.2 Å². The number of hydrogen-bond donors (Lipinski definition) is 1. The number of likely N-dealkylation sites (N-methyl/N-ethyl adjacent to an activating group) is 1. The van der Waals surface area contributed by atoms with Crippen molar-refractivity contribution in [1.82, 2.24) is 15.1 Å². The van der Waals surface area contributed by atoms with Crippen LogP contribution in [0.3, 0.4) is 0 Å². The van der Waals surface area contributed by atoms with Gasteiger partial charge in [0.05, 0.1) is 11.7 Å². The molecule has 4 nitrogen and oxygen atoms in total. The van der Waals surface area contributed by atoms with Crippen LogP contribution in [0.5, 0.6) is 0 Å². The lowest BCUT2D eigenvalue weighted by atomic mass is 9.89. The molecule has 2 aliphatic rings. The summed E-state index contributed by atoms with van der Waals surface area (Å²) in [5, 5.41) is 8.37. The lowest BCUT2D eigenvalue weighted by molar-refractivity contribution is 0.0546. The minimum atomic E-state index is 0.531. The third-order valence-electron chi connectivity index (χ3n) is 5.25. The number of hydrogen-bond acceptors (Lipinski definition) is 3. The average molecular weight is 291 g/mol. The molecular weight excluding hydrogens is 262 g/mol. The van der Waals surface area contributed by atoms with Gasteiger partial charge in [-0.25, -0.2) is 0 Å². The van der Waals surface area contributed by atoms with Crippen LogP contribution < -0.4 is 5.32 Å². The Morgan fingerprint density at radius 1 is 1.24 bits per heavy atom. The van der Waals surface area contributed by atoms with Crippen LogP contribution in [0.15, 0.2) is 12.3 Å². The van der Waals surface area contributed by atoms with Gasteiger partial charge in [0.15, 0.2) is 0 Å². The van der Waals surface area contributed by atoms with E-state index in [-0.39, 0.29) is 0 Å². The quantitative estimate of drug-likeness (QED) is 0.906. The summed E-state index contributed by atoms with van der Waals surface area (Å²) >= 11 is 0. The van der Waals surface area contributed by atoms with Gasteiger partial charge < -0.3 is 10.1 Å². The summed E-state index contributed by atoms with van der Waals surface area (Å²) in [6, 6.07) is 3.39. The molecule has 1 saturated heterocycles. The van der Waals surface area contributed by atoms with Gasteiger partial charge in [0.1, 0.15) is 0 Å². The van der Waals surface area contributed by atoms with Crippen LogP contribution in [0.2, 0.25) is 0 Å². The van der Waals surface area contributed by atoms with E-state index < -0.39 is 0 Å². The van der Waals surface area contributed by atoms with Crippen molar-refractivity contribution in [3.05, 3.63) is 18.0 Å². The molecule has 4 heteroatoms. The molecule has 0 spiro atoms. The van der Waals surface area contributed by atoms with Gasteiger partial charge in [0.25, 0.3) is 0 Å². The lowest BCUT2D eigenvalue weighted by Crippen LogP contribution is -2.38. The standard InChI is InChI=1S/C17H29N3O/c1-18-17(14-8-11-21-12-9-14)13-15-7-10-20(19-15)16-5-3-2-4-6-16/h7,10,14,16-18H,2-6,8-9,11-13H2,1H3. The van der Waals surface area contributed by atoms with E-state index in [0.29, 0.717) is 12.1 Å². The predicted octanol–water partition coefficient (Wildman–Crippen LogP) is 2.95. The van der Waals surface area contributed by atoms with Gasteiger partial charge in [-0.3, -0.25) is 4.68 Å². The van der Waals surface area contributed by atoms with Gasteiger partial charge in [-0.05, 0) is 44.7 Å². The highest BCUT2D eigenvalue weighted by molar-refractivity contribution is 5.03. The fourth-order valence-corrected chi connectivity index (χ4v) is 3.88. The maximum Gasteiger partial charge on any atom is 0.0640 e. The van der Waals surface area contributed by atoms with Crippen molar-refractivity contribution in [2.24, 2.45) is 5.92 Å². The van der Waals surface area contributed by atoms with E-state index in [9.17, 15) is 0 Å². The van der Waals surface area contributed by atoms with Crippen LogP contribution in [0.4, 0.5) is 0 Å². The summed E-state index contributed by atoms with van der Waals surface area (Å²) in [6.45, 7) is 1.83. The first-order chi connectivity index (χ1) is 10.4. The second kappa shape index (κ2) is 7.41. The van der Waals surface area contributed by atoms with E-state index >= 15 is 0 Å². The van der Waals surface area contributed by atoms with Crippen molar-refractivity contribution in [3.8, 4) is 0 Å². The Morgan fingerprint density at radius 2 is 2.00 bits per heavy atom.